The van der Waals surface area contributed by atoms with E-state index >= 15 is 0 Å². The topological polar surface area (TPSA) is 71.7 Å². The molecule has 5 nitrogen and oxygen atoms in total. The molecule has 3 rings (SSSR count). The highest BCUT2D eigenvalue weighted by Gasteiger charge is 2.24. The molecule has 112 valence electrons. The van der Waals surface area contributed by atoms with Gasteiger partial charge in [0.2, 0.25) is 5.91 Å². The van der Waals surface area contributed by atoms with Crippen LogP contribution in [0.1, 0.15) is 18.3 Å². The fourth-order valence-electron chi connectivity index (χ4n) is 2.28. The van der Waals surface area contributed by atoms with Crippen LogP contribution >= 0.6 is 11.3 Å². The lowest BCUT2D eigenvalue weighted by atomic mass is 10.1. The zero-order valence-electron chi connectivity index (χ0n) is 11.5. The Morgan fingerprint density at radius 2 is 2.38 bits per heavy atom. The minimum atomic E-state index is -0.844. The van der Waals surface area contributed by atoms with Gasteiger partial charge < -0.3 is 19.6 Å². The number of furan rings is 1. The molecule has 1 amide bonds. The lowest BCUT2D eigenvalue weighted by Crippen LogP contribution is -2.34. The Hall–Kier alpha value is -1.63. The number of thiophene rings is 1. The van der Waals surface area contributed by atoms with Crippen LogP contribution in [-0.4, -0.2) is 30.8 Å². The maximum absolute atomic E-state index is 11.8. The van der Waals surface area contributed by atoms with Crippen molar-refractivity contribution >= 4 is 17.2 Å². The Morgan fingerprint density at radius 1 is 1.48 bits per heavy atom. The number of carbonyl (C=O) groups excluding carboxylic acids is 1. The second-order valence-electron chi connectivity index (χ2n) is 5.04. The first-order valence-electron chi connectivity index (χ1n) is 6.90. The molecule has 3 heterocycles. The van der Waals surface area contributed by atoms with Crippen molar-refractivity contribution in [1.29, 1.82) is 0 Å². The van der Waals surface area contributed by atoms with Gasteiger partial charge in [-0.25, -0.2) is 0 Å². The fraction of sp³-hybridized carbons (Fsp3) is 0.400. The summed E-state index contributed by atoms with van der Waals surface area (Å²) in [5, 5.41) is 16.8. The molecule has 21 heavy (non-hydrogen) atoms. The number of ether oxygens (including phenoxy) is 1. The zero-order valence-corrected chi connectivity index (χ0v) is 12.3. The van der Waals surface area contributed by atoms with Crippen molar-refractivity contribution in [3.63, 3.8) is 0 Å². The van der Waals surface area contributed by atoms with E-state index in [1.54, 1.807) is 17.4 Å². The van der Waals surface area contributed by atoms with E-state index in [4.69, 9.17) is 9.15 Å². The van der Waals surface area contributed by atoms with Gasteiger partial charge in [-0.15, -0.1) is 0 Å². The van der Waals surface area contributed by atoms with Crippen LogP contribution in [0.5, 0.6) is 0 Å². The molecule has 6 heteroatoms. The van der Waals surface area contributed by atoms with Crippen LogP contribution in [-0.2, 0) is 9.53 Å². The number of hydrogen-bond acceptors (Lipinski definition) is 5. The zero-order chi connectivity index (χ0) is 14.7. The van der Waals surface area contributed by atoms with Gasteiger partial charge in [-0.3, -0.25) is 4.79 Å². The van der Waals surface area contributed by atoms with Crippen molar-refractivity contribution < 1.29 is 19.1 Å². The second kappa shape index (κ2) is 6.43. The van der Waals surface area contributed by atoms with E-state index in [0.717, 1.165) is 17.7 Å². The minimum absolute atomic E-state index is 0.0730. The Bertz CT molecular complexity index is 587. The number of rotatable bonds is 5. The van der Waals surface area contributed by atoms with Crippen LogP contribution in [0.25, 0.3) is 11.3 Å². The molecule has 0 aliphatic carbocycles. The summed E-state index contributed by atoms with van der Waals surface area (Å²) in [4.78, 5) is 11.8. The fourth-order valence-corrected chi connectivity index (χ4v) is 2.92. The van der Waals surface area contributed by atoms with Gasteiger partial charge in [-0.05, 0) is 30.0 Å². The monoisotopic (exact) mass is 307 g/mol. The standard InChI is InChI=1S/C15H17NO4S/c17-12(7-16-15(18)10-3-5-19-8-10)14-2-1-13(20-14)11-4-6-21-9-11/h1-2,4,6,9-10,12,17H,3,5,7-8H2,(H,16,18)/t10-,12-/m0/s1. The molecule has 2 aromatic heterocycles. The average Bonchev–Trinajstić information content (AvgIpc) is 3.25. The maximum Gasteiger partial charge on any atom is 0.225 e. The normalized spacial score (nSPS) is 19.6. The molecule has 1 aliphatic heterocycles. The quantitative estimate of drug-likeness (QED) is 0.888. The van der Waals surface area contributed by atoms with E-state index in [2.05, 4.69) is 5.32 Å². The summed E-state index contributed by atoms with van der Waals surface area (Å²) in [5.74, 6) is 1.01. The lowest BCUT2D eigenvalue weighted by Gasteiger charge is -2.12. The molecule has 1 saturated heterocycles. The summed E-state index contributed by atoms with van der Waals surface area (Å²) in [6, 6.07) is 5.53. The number of hydrogen-bond donors (Lipinski definition) is 2. The maximum atomic E-state index is 11.8. The largest absolute Gasteiger partial charge is 0.458 e. The van der Waals surface area contributed by atoms with Crippen LogP contribution in [0.4, 0.5) is 0 Å². The number of aliphatic hydroxyl groups is 1. The molecule has 2 N–H and O–H groups in total. The third kappa shape index (κ3) is 3.34. The molecule has 1 aliphatic rings. The molecular weight excluding hydrogens is 290 g/mol. The van der Waals surface area contributed by atoms with E-state index in [-0.39, 0.29) is 18.4 Å². The number of amides is 1. The van der Waals surface area contributed by atoms with Gasteiger partial charge in [0.1, 0.15) is 17.6 Å². The minimum Gasteiger partial charge on any atom is -0.458 e. The van der Waals surface area contributed by atoms with Crippen LogP contribution in [0.2, 0.25) is 0 Å². The van der Waals surface area contributed by atoms with Crippen molar-refractivity contribution in [2.24, 2.45) is 5.92 Å². The molecule has 0 spiro atoms. The highest BCUT2D eigenvalue weighted by atomic mass is 32.1. The molecule has 2 atom stereocenters. The van der Waals surface area contributed by atoms with Gasteiger partial charge in [0.25, 0.3) is 0 Å². The molecular formula is C15H17NO4S. The summed E-state index contributed by atoms with van der Waals surface area (Å²) >= 11 is 1.59. The van der Waals surface area contributed by atoms with Crippen LogP contribution < -0.4 is 5.32 Å². The Balaban J connectivity index is 1.55. The highest BCUT2D eigenvalue weighted by Crippen LogP contribution is 2.26. The van der Waals surface area contributed by atoms with Crippen LogP contribution in [0.3, 0.4) is 0 Å². The Kier molecular flexibility index (Phi) is 4.38. The summed E-state index contributed by atoms with van der Waals surface area (Å²) in [5.41, 5.74) is 0.991. The van der Waals surface area contributed by atoms with Crippen molar-refractivity contribution in [3.05, 3.63) is 34.7 Å². The van der Waals surface area contributed by atoms with Gasteiger partial charge in [-0.1, -0.05) is 0 Å². The molecule has 1 fully saturated rings. The van der Waals surface area contributed by atoms with Crippen molar-refractivity contribution in [2.45, 2.75) is 12.5 Å². The molecule has 0 radical (unpaired) electrons. The third-order valence-electron chi connectivity index (χ3n) is 3.53. The second-order valence-corrected chi connectivity index (χ2v) is 5.82. The predicted octanol–water partition coefficient (Wildman–Crippen LogP) is 2.19. The SMILES string of the molecule is O=C(NC[C@H](O)c1ccc(-c2ccsc2)o1)[C@H]1CCOC1. The Labute approximate surface area is 126 Å². The van der Waals surface area contributed by atoms with E-state index in [0.29, 0.717) is 19.0 Å². The van der Waals surface area contributed by atoms with E-state index in [9.17, 15) is 9.90 Å². The first kappa shape index (κ1) is 14.3. The van der Waals surface area contributed by atoms with E-state index < -0.39 is 6.10 Å². The van der Waals surface area contributed by atoms with Crippen molar-refractivity contribution in [3.8, 4) is 11.3 Å². The molecule has 0 unspecified atom stereocenters. The highest BCUT2D eigenvalue weighted by molar-refractivity contribution is 7.08. The number of aliphatic hydroxyl groups excluding tert-OH is 1. The number of nitrogens with one attached hydrogen (secondary N) is 1. The predicted molar refractivity (Wildman–Crippen MR) is 78.9 cm³/mol. The van der Waals surface area contributed by atoms with Gasteiger partial charge in [0.05, 0.1) is 19.1 Å². The first-order chi connectivity index (χ1) is 10.2. The van der Waals surface area contributed by atoms with Crippen molar-refractivity contribution in [2.75, 3.05) is 19.8 Å². The summed E-state index contributed by atoms with van der Waals surface area (Å²) in [7, 11) is 0. The molecule has 0 bridgehead atoms. The van der Waals surface area contributed by atoms with E-state index in [1.807, 2.05) is 22.9 Å². The summed E-state index contributed by atoms with van der Waals surface area (Å²) in [6.07, 6.45) is -0.103. The van der Waals surface area contributed by atoms with Crippen LogP contribution in [0.15, 0.2) is 33.4 Å². The lowest BCUT2D eigenvalue weighted by molar-refractivity contribution is -0.125. The molecule has 0 saturated carbocycles. The first-order valence-corrected chi connectivity index (χ1v) is 7.84. The van der Waals surface area contributed by atoms with Gasteiger partial charge in [0, 0.05) is 17.6 Å². The molecule has 2 aromatic rings. The summed E-state index contributed by atoms with van der Waals surface area (Å²) in [6.45, 7) is 1.24. The number of carbonyl (C=O) groups is 1. The summed E-state index contributed by atoms with van der Waals surface area (Å²) < 4.78 is 10.8. The molecule has 0 aromatic carbocycles. The smallest absolute Gasteiger partial charge is 0.225 e. The van der Waals surface area contributed by atoms with Gasteiger partial charge in [-0.2, -0.15) is 11.3 Å². The third-order valence-corrected chi connectivity index (χ3v) is 4.21. The average molecular weight is 307 g/mol. The van der Waals surface area contributed by atoms with Gasteiger partial charge >= 0.3 is 0 Å². The van der Waals surface area contributed by atoms with E-state index in [1.165, 1.54) is 0 Å². The van der Waals surface area contributed by atoms with Crippen molar-refractivity contribution in [1.82, 2.24) is 5.32 Å². The Morgan fingerprint density at radius 3 is 3.10 bits per heavy atom. The van der Waals surface area contributed by atoms with Gasteiger partial charge in [0.15, 0.2) is 0 Å². The van der Waals surface area contributed by atoms with Crippen LogP contribution in [0, 0.1) is 5.92 Å².